The second-order valence-electron chi connectivity index (χ2n) is 8.68. The number of carbonyl (C=O) groups excluding carboxylic acids is 1. The zero-order chi connectivity index (χ0) is 21.5. The minimum Gasteiger partial charge on any atom is -0.464 e. The Balaban J connectivity index is 1.68. The van der Waals surface area contributed by atoms with Crippen LogP contribution in [0, 0.1) is 6.92 Å². The fraction of sp³-hybridized carbons (Fsp3) is 0.280. The van der Waals surface area contributed by atoms with Crippen LogP contribution in [0.3, 0.4) is 0 Å². The first-order valence-electron chi connectivity index (χ1n) is 10.0. The van der Waals surface area contributed by atoms with E-state index in [-0.39, 0.29) is 17.7 Å². The van der Waals surface area contributed by atoms with Crippen LogP contribution in [0.4, 0.5) is 0 Å². The zero-order valence-corrected chi connectivity index (χ0v) is 17.7. The van der Waals surface area contributed by atoms with Crippen molar-refractivity contribution in [1.82, 2.24) is 5.32 Å². The lowest BCUT2D eigenvalue weighted by molar-refractivity contribution is -0.120. The van der Waals surface area contributed by atoms with Gasteiger partial charge in [-0.1, -0.05) is 51.1 Å². The molecule has 1 N–H and O–H groups in total. The molecule has 0 radical (unpaired) electrons. The monoisotopic (exact) mass is 403 g/mol. The quantitative estimate of drug-likeness (QED) is 0.487. The molecule has 4 aromatic rings. The van der Waals surface area contributed by atoms with Gasteiger partial charge < -0.3 is 14.2 Å². The van der Waals surface area contributed by atoms with Gasteiger partial charge in [-0.3, -0.25) is 4.79 Å². The number of rotatable bonds is 4. The Labute approximate surface area is 174 Å². The zero-order valence-electron chi connectivity index (χ0n) is 17.7. The Kier molecular flexibility index (Phi) is 4.98. The molecule has 5 nitrogen and oxygen atoms in total. The van der Waals surface area contributed by atoms with Crippen LogP contribution in [0.2, 0.25) is 0 Å². The van der Waals surface area contributed by atoms with Gasteiger partial charge in [0.15, 0.2) is 0 Å². The predicted molar refractivity (Wildman–Crippen MR) is 118 cm³/mol. The van der Waals surface area contributed by atoms with Crippen molar-refractivity contribution < 1.29 is 13.6 Å². The molecule has 2 heterocycles. The second kappa shape index (κ2) is 7.48. The average molecular weight is 403 g/mol. The Morgan fingerprint density at radius 3 is 2.47 bits per heavy atom. The van der Waals surface area contributed by atoms with Crippen molar-refractivity contribution in [2.75, 3.05) is 0 Å². The van der Waals surface area contributed by atoms with E-state index in [1.165, 1.54) is 0 Å². The normalized spacial score (nSPS) is 11.9. The lowest BCUT2D eigenvalue weighted by Crippen LogP contribution is -2.27. The first-order chi connectivity index (χ1) is 14.2. The number of hydrogen-bond donors (Lipinski definition) is 1. The van der Waals surface area contributed by atoms with Gasteiger partial charge in [-0.15, -0.1) is 0 Å². The summed E-state index contributed by atoms with van der Waals surface area (Å²) in [5.41, 5.74) is 3.82. The molecule has 5 heteroatoms. The third-order valence-electron chi connectivity index (χ3n) is 5.46. The van der Waals surface area contributed by atoms with E-state index in [0.29, 0.717) is 23.3 Å². The van der Waals surface area contributed by atoms with Gasteiger partial charge in [-0.05, 0) is 29.5 Å². The molecule has 154 valence electrons. The summed E-state index contributed by atoms with van der Waals surface area (Å²) in [7, 11) is 0. The standard InChI is InChI=1S/C25H25NO4/c1-15-17-10-19-20(25(2,3)4)14-29-21(19)12-22(17)30-24(28)18(15)11-23(27)26-13-16-8-6-5-7-9-16/h5-10,12,14H,11,13H2,1-4H3,(H,26,27). The number of fused-ring (bicyclic) bond motifs is 2. The Morgan fingerprint density at radius 1 is 1.03 bits per heavy atom. The molecule has 0 atom stereocenters. The predicted octanol–water partition coefficient (Wildman–Crippen LogP) is 5.00. The molecule has 0 saturated heterocycles. The van der Waals surface area contributed by atoms with Crippen LogP contribution in [-0.4, -0.2) is 5.91 Å². The van der Waals surface area contributed by atoms with Gasteiger partial charge in [-0.2, -0.15) is 0 Å². The van der Waals surface area contributed by atoms with Gasteiger partial charge in [-0.25, -0.2) is 4.79 Å². The minimum atomic E-state index is -0.489. The van der Waals surface area contributed by atoms with Crippen LogP contribution >= 0.6 is 0 Å². The molecule has 2 aromatic heterocycles. The second-order valence-corrected chi connectivity index (χ2v) is 8.68. The third-order valence-corrected chi connectivity index (χ3v) is 5.46. The summed E-state index contributed by atoms with van der Waals surface area (Å²) in [6.45, 7) is 8.66. The fourth-order valence-electron chi connectivity index (χ4n) is 3.71. The van der Waals surface area contributed by atoms with Crippen molar-refractivity contribution >= 4 is 27.8 Å². The van der Waals surface area contributed by atoms with Gasteiger partial charge >= 0.3 is 5.63 Å². The van der Waals surface area contributed by atoms with Crippen LogP contribution in [0.25, 0.3) is 21.9 Å². The largest absolute Gasteiger partial charge is 0.464 e. The summed E-state index contributed by atoms with van der Waals surface area (Å²) >= 11 is 0. The fourth-order valence-corrected chi connectivity index (χ4v) is 3.71. The lowest BCUT2D eigenvalue weighted by atomic mass is 9.86. The van der Waals surface area contributed by atoms with E-state index in [0.717, 1.165) is 27.5 Å². The number of carbonyl (C=O) groups is 1. The van der Waals surface area contributed by atoms with Gasteiger partial charge in [0.25, 0.3) is 0 Å². The SMILES string of the molecule is Cc1c(CC(=O)NCc2ccccc2)c(=O)oc2cc3occ(C(C)(C)C)c3cc12. The Bertz CT molecular complexity index is 1290. The lowest BCUT2D eigenvalue weighted by Gasteiger charge is -2.16. The first-order valence-corrected chi connectivity index (χ1v) is 10.0. The molecule has 0 saturated carbocycles. The Morgan fingerprint density at radius 2 is 1.77 bits per heavy atom. The molecule has 0 bridgehead atoms. The van der Waals surface area contributed by atoms with E-state index in [1.54, 1.807) is 12.3 Å². The maximum absolute atomic E-state index is 12.6. The number of amides is 1. The summed E-state index contributed by atoms with van der Waals surface area (Å²) in [5.74, 6) is -0.214. The molecule has 0 unspecified atom stereocenters. The maximum atomic E-state index is 12.6. The molecule has 0 spiro atoms. The number of benzene rings is 2. The number of hydrogen-bond acceptors (Lipinski definition) is 4. The maximum Gasteiger partial charge on any atom is 0.340 e. The summed E-state index contributed by atoms with van der Waals surface area (Å²) in [5, 5.41) is 4.68. The Hall–Kier alpha value is -3.34. The summed E-state index contributed by atoms with van der Waals surface area (Å²) in [6, 6.07) is 13.4. The molecule has 4 rings (SSSR count). The molecule has 0 aliphatic carbocycles. The summed E-state index contributed by atoms with van der Waals surface area (Å²) in [4.78, 5) is 25.1. The van der Waals surface area contributed by atoms with Crippen molar-refractivity contribution in [3.05, 3.63) is 81.4 Å². The minimum absolute atomic E-state index is 0.0213. The van der Waals surface area contributed by atoms with Crippen LogP contribution in [0.5, 0.6) is 0 Å². The number of nitrogens with one attached hydrogen (secondary N) is 1. The van der Waals surface area contributed by atoms with E-state index < -0.39 is 5.63 Å². The molecule has 0 aliphatic heterocycles. The first kappa shape index (κ1) is 20.0. The van der Waals surface area contributed by atoms with E-state index in [1.807, 2.05) is 43.3 Å². The van der Waals surface area contributed by atoms with E-state index in [4.69, 9.17) is 8.83 Å². The van der Waals surface area contributed by atoms with Crippen LogP contribution in [-0.2, 0) is 23.2 Å². The van der Waals surface area contributed by atoms with Crippen molar-refractivity contribution in [3.8, 4) is 0 Å². The van der Waals surface area contributed by atoms with Crippen LogP contribution in [0.1, 0.15) is 43.0 Å². The van der Waals surface area contributed by atoms with Gasteiger partial charge in [0.2, 0.25) is 5.91 Å². The molecule has 0 fully saturated rings. The van der Waals surface area contributed by atoms with E-state index in [2.05, 4.69) is 26.1 Å². The number of furan rings is 1. The molecule has 0 aliphatic rings. The van der Waals surface area contributed by atoms with Gasteiger partial charge in [0.05, 0.1) is 18.2 Å². The average Bonchev–Trinajstić information content (AvgIpc) is 3.12. The molecule has 1 amide bonds. The van der Waals surface area contributed by atoms with Gasteiger partial charge in [0, 0.05) is 28.9 Å². The van der Waals surface area contributed by atoms with E-state index >= 15 is 0 Å². The van der Waals surface area contributed by atoms with Crippen LogP contribution in [0.15, 0.2) is 62.4 Å². The van der Waals surface area contributed by atoms with Crippen LogP contribution < -0.4 is 10.9 Å². The number of aryl methyl sites for hydroxylation is 1. The van der Waals surface area contributed by atoms with Gasteiger partial charge in [0.1, 0.15) is 11.2 Å². The summed E-state index contributed by atoms with van der Waals surface area (Å²) < 4.78 is 11.3. The van der Waals surface area contributed by atoms with E-state index in [9.17, 15) is 9.59 Å². The van der Waals surface area contributed by atoms with Crippen molar-refractivity contribution in [3.63, 3.8) is 0 Å². The highest BCUT2D eigenvalue weighted by Gasteiger charge is 2.22. The highest BCUT2D eigenvalue weighted by Crippen LogP contribution is 2.35. The smallest absolute Gasteiger partial charge is 0.340 e. The van der Waals surface area contributed by atoms with Crippen molar-refractivity contribution in [2.24, 2.45) is 0 Å². The molecule has 2 aromatic carbocycles. The van der Waals surface area contributed by atoms with Crippen molar-refractivity contribution in [2.45, 2.75) is 46.1 Å². The highest BCUT2D eigenvalue weighted by atomic mass is 16.4. The van der Waals surface area contributed by atoms with Crippen molar-refractivity contribution in [1.29, 1.82) is 0 Å². The highest BCUT2D eigenvalue weighted by molar-refractivity contribution is 5.97. The topological polar surface area (TPSA) is 72.5 Å². The summed E-state index contributed by atoms with van der Waals surface area (Å²) in [6.07, 6.45) is 1.74. The molecular weight excluding hydrogens is 378 g/mol. The third kappa shape index (κ3) is 3.75. The molecular formula is C25H25NO4. The molecule has 30 heavy (non-hydrogen) atoms.